The smallest absolute Gasteiger partial charge is 0.320 e. The van der Waals surface area contributed by atoms with Crippen LogP contribution in [0.5, 0.6) is 0 Å². The maximum atomic E-state index is 12.5. The van der Waals surface area contributed by atoms with Gasteiger partial charge in [-0.05, 0) is 41.5 Å². The lowest BCUT2D eigenvalue weighted by atomic mass is 9.98. The summed E-state index contributed by atoms with van der Waals surface area (Å²) in [6, 6.07) is 9.93. The summed E-state index contributed by atoms with van der Waals surface area (Å²) >= 11 is 6.74. The Kier molecular flexibility index (Phi) is 4.56. The van der Waals surface area contributed by atoms with Crippen LogP contribution in [-0.2, 0) is 6.18 Å². The molecule has 0 radical (unpaired) electrons. The first-order valence-electron chi connectivity index (χ1n) is 5.66. The van der Waals surface area contributed by atoms with Crippen LogP contribution < -0.4 is 5.73 Å². The van der Waals surface area contributed by atoms with Gasteiger partial charge in [-0.15, -0.1) is 0 Å². The SMILES string of the molecule is NC(c1ccc(C(F)(F)F)cc1)c1cc(Br)ccc1Br. The number of rotatable bonds is 2. The minimum absolute atomic E-state index is 0.496. The van der Waals surface area contributed by atoms with E-state index >= 15 is 0 Å². The average molecular weight is 409 g/mol. The molecule has 0 saturated heterocycles. The fourth-order valence-corrected chi connectivity index (χ4v) is 2.68. The molecule has 6 heteroatoms. The van der Waals surface area contributed by atoms with Crippen LogP contribution in [0.15, 0.2) is 51.4 Å². The highest BCUT2D eigenvalue weighted by Gasteiger charge is 2.30. The van der Waals surface area contributed by atoms with Crippen molar-refractivity contribution in [2.75, 3.05) is 0 Å². The molecule has 2 N–H and O–H groups in total. The molecule has 1 atom stereocenters. The van der Waals surface area contributed by atoms with E-state index in [0.717, 1.165) is 26.6 Å². The summed E-state index contributed by atoms with van der Waals surface area (Å²) in [5.74, 6) is 0. The molecule has 0 aliphatic heterocycles. The first kappa shape index (κ1) is 15.5. The van der Waals surface area contributed by atoms with Crippen LogP contribution in [0.3, 0.4) is 0 Å². The zero-order chi connectivity index (χ0) is 14.9. The van der Waals surface area contributed by atoms with E-state index in [4.69, 9.17) is 5.73 Å². The molecule has 0 spiro atoms. The van der Waals surface area contributed by atoms with Gasteiger partial charge in [-0.25, -0.2) is 0 Å². The number of nitrogens with two attached hydrogens (primary N) is 1. The van der Waals surface area contributed by atoms with E-state index in [-0.39, 0.29) is 0 Å². The lowest BCUT2D eigenvalue weighted by molar-refractivity contribution is -0.137. The van der Waals surface area contributed by atoms with E-state index in [1.165, 1.54) is 12.1 Å². The Balaban J connectivity index is 2.34. The lowest BCUT2D eigenvalue weighted by Gasteiger charge is -2.16. The van der Waals surface area contributed by atoms with Gasteiger partial charge in [-0.1, -0.05) is 44.0 Å². The molecular formula is C14H10Br2F3N. The van der Waals surface area contributed by atoms with Crippen LogP contribution in [0, 0.1) is 0 Å². The summed E-state index contributed by atoms with van der Waals surface area (Å²) in [7, 11) is 0. The van der Waals surface area contributed by atoms with Crippen LogP contribution in [0.4, 0.5) is 13.2 Å². The summed E-state index contributed by atoms with van der Waals surface area (Å²) < 4.78 is 39.2. The molecule has 1 nitrogen and oxygen atoms in total. The van der Waals surface area contributed by atoms with Crippen molar-refractivity contribution in [1.29, 1.82) is 0 Å². The highest BCUT2D eigenvalue weighted by Crippen LogP contribution is 2.32. The molecule has 2 aromatic carbocycles. The Morgan fingerprint density at radius 2 is 1.55 bits per heavy atom. The number of hydrogen-bond acceptors (Lipinski definition) is 1. The normalized spacial score (nSPS) is 13.3. The van der Waals surface area contributed by atoms with Crippen LogP contribution >= 0.6 is 31.9 Å². The van der Waals surface area contributed by atoms with E-state index < -0.39 is 17.8 Å². The first-order valence-corrected chi connectivity index (χ1v) is 7.25. The average Bonchev–Trinajstić information content (AvgIpc) is 2.40. The Labute approximate surface area is 131 Å². The molecule has 2 aromatic rings. The predicted molar refractivity (Wildman–Crippen MR) is 79.3 cm³/mol. The van der Waals surface area contributed by atoms with Gasteiger partial charge in [-0.2, -0.15) is 13.2 Å². The molecule has 1 unspecified atom stereocenters. The summed E-state index contributed by atoms with van der Waals surface area (Å²) in [5, 5.41) is 0. The zero-order valence-electron chi connectivity index (χ0n) is 10.1. The molecule has 0 aliphatic rings. The van der Waals surface area contributed by atoms with Crippen molar-refractivity contribution in [3.63, 3.8) is 0 Å². The van der Waals surface area contributed by atoms with Crippen molar-refractivity contribution < 1.29 is 13.2 Å². The highest BCUT2D eigenvalue weighted by molar-refractivity contribution is 9.11. The van der Waals surface area contributed by atoms with E-state index in [2.05, 4.69) is 31.9 Å². The van der Waals surface area contributed by atoms with Crippen molar-refractivity contribution in [3.05, 3.63) is 68.1 Å². The van der Waals surface area contributed by atoms with Gasteiger partial charge in [0.1, 0.15) is 0 Å². The Bertz CT molecular complexity index is 609. The van der Waals surface area contributed by atoms with Gasteiger partial charge < -0.3 is 5.73 Å². The predicted octanol–water partition coefficient (Wildman–Crippen LogP) is 5.28. The quantitative estimate of drug-likeness (QED) is 0.718. The largest absolute Gasteiger partial charge is 0.416 e. The topological polar surface area (TPSA) is 26.0 Å². The van der Waals surface area contributed by atoms with E-state index in [9.17, 15) is 13.2 Å². The Morgan fingerprint density at radius 1 is 0.950 bits per heavy atom. The molecule has 2 rings (SSSR count). The third-order valence-electron chi connectivity index (χ3n) is 2.89. The van der Waals surface area contributed by atoms with Crippen LogP contribution in [0.1, 0.15) is 22.7 Å². The number of benzene rings is 2. The molecule has 0 bridgehead atoms. The van der Waals surface area contributed by atoms with Gasteiger partial charge >= 0.3 is 6.18 Å². The van der Waals surface area contributed by atoms with Gasteiger partial charge in [-0.3, -0.25) is 0 Å². The molecule has 20 heavy (non-hydrogen) atoms. The standard InChI is InChI=1S/C14H10Br2F3N/c15-10-5-6-12(16)11(7-10)13(20)8-1-3-9(4-2-8)14(17,18)19/h1-7,13H,20H2. The summed E-state index contributed by atoms with van der Waals surface area (Å²) in [5.41, 5.74) is 6.86. The van der Waals surface area contributed by atoms with Crippen LogP contribution in [0.25, 0.3) is 0 Å². The second-order valence-electron chi connectivity index (χ2n) is 4.26. The maximum Gasteiger partial charge on any atom is 0.416 e. The van der Waals surface area contributed by atoms with Gasteiger partial charge in [0.2, 0.25) is 0 Å². The molecule has 0 saturated carbocycles. The Hall–Kier alpha value is -0.850. The Morgan fingerprint density at radius 3 is 2.10 bits per heavy atom. The lowest BCUT2D eigenvalue weighted by Crippen LogP contribution is -2.13. The molecule has 0 amide bonds. The van der Waals surface area contributed by atoms with E-state index in [0.29, 0.717) is 5.56 Å². The monoisotopic (exact) mass is 407 g/mol. The molecule has 0 aliphatic carbocycles. The molecular weight excluding hydrogens is 399 g/mol. The van der Waals surface area contributed by atoms with Crippen LogP contribution in [0.2, 0.25) is 0 Å². The number of hydrogen-bond donors (Lipinski definition) is 1. The zero-order valence-corrected chi connectivity index (χ0v) is 13.3. The summed E-state index contributed by atoms with van der Waals surface area (Å²) in [6.07, 6.45) is -4.33. The summed E-state index contributed by atoms with van der Waals surface area (Å²) in [4.78, 5) is 0. The number of halogens is 5. The van der Waals surface area contributed by atoms with Gasteiger partial charge in [0.25, 0.3) is 0 Å². The third kappa shape index (κ3) is 3.42. The van der Waals surface area contributed by atoms with Crippen molar-refractivity contribution in [3.8, 4) is 0 Å². The van der Waals surface area contributed by atoms with Crippen molar-refractivity contribution in [2.24, 2.45) is 5.73 Å². The molecule has 106 valence electrons. The van der Waals surface area contributed by atoms with Crippen molar-refractivity contribution in [1.82, 2.24) is 0 Å². The minimum atomic E-state index is -4.33. The maximum absolute atomic E-state index is 12.5. The van der Waals surface area contributed by atoms with Crippen LogP contribution in [-0.4, -0.2) is 0 Å². The van der Waals surface area contributed by atoms with E-state index in [1.54, 1.807) is 0 Å². The molecule has 0 heterocycles. The van der Waals surface area contributed by atoms with Crippen molar-refractivity contribution >= 4 is 31.9 Å². The summed E-state index contributed by atoms with van der Waals surface area (Å²) in [6.45, 7) is 0. The van der Waals surface area contributed by atoms with Gasteiger partial charge in [0, 0.05) is 8.95 Å². The minimum Gasteiger partial charge on any atom is -0.320 e. The fraction of sp³-hybridized carbons (Fsp3) is 0.143. The van der Waals surface area contributed by atoms with Gasteiger partial charge in [0.05, 0.1) is 11.6 Å². The second-order valence-corrected chi connectivity index (χ2v) is 6.03. The fourth-order valence-electron chi connectivity index (χ4n) is 1.81. The van der Waals surface area contributed by atoms with E-state index in [1.807, 2.05) is 18.2 Å². The third-order valence-corrected chi connectivity index (χ3v) is 4.11. The molecule has 0 fully saturated rings. The van der Waals surface area contributed by atoms with Crippen molar-refractivity contribution in [2.45, 2.75) is 12.2 Å². The molecule has 0 aromatic heterocycles. The first-order chi connectivity index (χ1) is 9.29. The highest BCUT2D eigenvalue weighted by atomic mass is 79.9. The second kappa shape index (κ2) is 5.87. The number of alkyl halides is 3. The van der Waals surface area contributed by atoms with Gasteiger partial charge in [0.15, 0.2) is 0 Å².